The molecular formula is C20H19IrN2OSi-. The number of hydrogen-bond acceptors (Lipinski definition) is 3. The van der Waals surface area contributed by atoms with Crippen LogP contribution in [0.2, 0.25) is 19.6 Å². The van der Waals surface area contributed by atoms with E-state index >= 15 is 0 Å². The zero-order valence-corrected chi connectivity index (χ0v) is 18.1. The molecule has 1 radical (unpaired) electrons. The Morgan fingerprint density at radius 1 is 1.08 bits per heavy atom. The number of aryl methyl sites for hydroxylation is 1. The number of fused-ring (bicyclic) bond motifs is 3. The van der Waals surface area contributed by atoms with Gasteiger partial charge in [0.25, 0.3) is 0 Å². The molecular weight excluding hydrogens is 505 g/mol. The molecule has 0 bridgehead atoms. The predicted octanol–water partition coefficient (Wildman–Crippen LogP) is 4.69. The van der Waals surface area contributed by atoms with E-state index in [0.717, 1.165) is 27.8 Å². The molecule has 0 N–H and O–H groups in total. The van der Waals surface area contributed by atoms with Crippen molar-refractivity contribution < 1.29 is 24.5 Å². The van der Waals surface area contributed by atoms with Gasteiger partial charge in [0.15, 0.2) is 0 Å². The number of furan rings is 1. The Morgan fingerprint density at radius 3 is 2.56 bits per heavy atom. The molecule has 1 aromatic carbocycles. The summed E-state index contributed by atoms with van der Waals surface area (Å²) in [7, 11) is -1.55. The number of hydrogen-bond donors (Lipinski definition) is 0. The smallest absolute Gasteiger partial charge is 0.216 e. The molecule has 4 rings (SSSR count). The molecule has 3 aromatic heterocycles. The van der Waals surface area contributed by atoms with Gasteiger partial charge in [0.2, 0.25) is 5.71 Å². The average Bonchev–Trinajstić information content (AvgIpc) is 2.93. The van der Waals surface area contributed by atoms with Crippen molar-refractivity contribution in [3.05, 3.63) is 54.4 Å². The van der Waals surface area contributed by atoms with E-state index < -0.39 is 8.07 Å². The van der Waals surface area contributed by atoms with Gasteiger partial charge in [-0.2, -0.15) is 0 Å². The van der Waals surface area contributed by atoms with Crippen LogP contribution in [0.15, 0.2) is 47.1 Å². The van der Waals surface area contributed by atoms with Gasteiger partial charge in [0.05, 0.1) is 5.58 Å². The van der Waals surface area contributed by atoms with Crippen molar-refractivity contribution in [2.24, 2.45) is 0 Å². The van der Waals surface area contributed by atoms with E-state index in [9.17, 15) is 0 Å². The monoisotopic (exact) mass is 524 g/mol. The molecule has 129 valence electrons. The first kappa shape index (κ1) is 18.0. The molecule has 3 heterocycles. The van der Waals surface area contributed by atoms with E-state index in [1.165, 1.54) is 10.6 Å². The summed E-state index contributed by atoms with van der Waals surface area (Å²) in [4.78, 5) is 8.97. The van der Waals surface area contributed by atoms with Crippen molar-refractivity contribution in [3.63, 3.8) is 0 Å². The SMILES string of the molecule is Cc1ccc(-c2[c-]cc([Si](C)(C)C)c3c2oc2ncccc23)nc1.[Ir]. The zero-order valence-electron chi connectivity index (χ0n) is 14.7. The van der Waals surface area contributed by atoms with Crippen LogP contribution in [0, 0.1) is 13.0 Å². The fourth-order valence-electron chi connectivity index (χ4n) is 3.06. The molecule has 25 heavy (non-hydrogen) atoms. The van der Waals surface area contributed by atoms with Crippen molar-refractivity contribution in [1.82, 2.24) is 9.97 Å². The van der Waals surface area contributed by atoms with Crippen molar-refractivity contribution in [3.8, 4) is 11.3 Å². The maximum Gasteiger partial charge on any atom is 0.216 e. The largest absolute Gasteiger partial charge is 0.486 e. The third-order valence-corrected chi connectivity index (χ3v) is 6.31. The van der Waals surface area contributed by atoms with E-state index in [2.05, 4.69) is 53.9 Å². The summed E-state index contributed by atoms with van der Waals surface area (Å²) in [6.07, 6.45) is 3.65. The second-order valence-corrected chi connectivity index (χ2v) is 12.2. The first-order valence-corrected chi connectivity index (χ1v) is 11.6. The Balaban J connectivity index is 0.00000182. The minimum absolute atomic E-state index is 0. The first-order valence-electron chi connectivity index (χ1n) is 8.10. The van der Waals surface area contributed by atoms with Crippen LogP contribution in [-0.4, -0.2) is 18.0 Å². The number of aromatic nitrogens is 2. The summed E-state index contributed by atoms with van der Waals surface area (Å²) in [5, 5.41) is 3.60. The molecule has 0 saturated carbocycles. The Hall–Kier alpha value is -1.81. The van der Waals surface area contributed by atoms with Gasteiger partial charge in [0, 0.05) is 46.0 Å². The molecule has 0 spiro atoms. The number of nitrogens with zero attached hydrogens (tertiary/aromatic N) is 2. The Bertz CT molecular complexity index is 1050. The molecule has 0 amide bonds. The number of rotatable bonds is 2. The Labute approximate surface area is 161 Å². The molecule has 0 atom stereocenters. The molecule has 3 nitrogen and oxygen atoms in total. The van der Waals surface area contributed by atoms with Crippen LogP contribution in [-0.2, 0) is 20.1 Å². The molecule has 4 aromatic rings. The van der Waals surface area contributed by atoms with Crippen LogP contribution in [0.1, 0.15) is 5.56 Å². The van der Waals surface area contributed by atoms with Crippen molar-refractivity contribution in [1.29, 1.82) is 0 Å². The van der Waals surface area contributed by atoms with Crippen molar-refractivity contribution in [2.75, 3.05) is 0 Å². The van der Waals surface area contributed by atoms with Crippen LogP contribution >= 0.6 is 0 Å². The molecule has 0 unspecified atom stereocenters. The minimum atomic E-state index is -1.55. The topological polar surface area (TPSA) is 38.9 Å². The van der Waals surface area contributed by atoms with Gasteiger partial charge in [-0.3, -0.25) is 0 Å². The minimum Gasteiger partial charge on any atom is -0.486 e. The van der Waals surface area contributed by atoms with Gasteiger partial charge < -0.3 is 9.40 Å². The van der Waals surface area contributed by atoms with Gasteiger partial charge >= 0.3 is 0 Å². The van der Waals surface area contributed by atoms with Crippen molar-refractivity contribution in [2.45, 2.75) is 26.6 Å². The van der Waals surface area contributed by atoms with Gasteiger partial charge in [-0.1, -0.05) is 42.7 Å². The third kappa shape index (κ3) is 3.08. The van der Waals surface area contributed by atoms with E-state index in [0.29, 0.717) is 5.71 Å². The fourth-order valence-corrected chi connectivity index (χ4v) is 4.56. The summed E-state index contributed by atoms with van der Waals surface area (Å²) in [6, 6.07) is 13.7. The second kappa shape index (κ2) is 6.49. The van der Waals surface area contributed by atoms with Crippen LogP contribution in [0.3, 0.4) is 0 Å². The van der Waals surface area contributed by atoms with Crippen LogP contribution in [0.5, 0.6) is 0 Å². The standard InChI is InChI=1S/C20H19N2OSi.Ir/c1-13-7-9-16(22-12-13)14-8-10-17(24(2,3)4)18-15-6-5-11-21-20(15)23-19(14)18;/h5-7,9-12H,1-4H3;/q-1;. The fraction of sp³-hybridized carbons (Fsp3) is 0.200. The van der Waals surface area contributed by atoms with Gasteiger partial charge in [-0.05, 0) is 30.3 Å². The van der Waals surface area contributed by atoms with E-state index in [1.807, 2.05) is 25.3 Å². The maximum absolute atomic E-state index is 6.14. The summed E-state index contributed by atoms with van der Waals surface area (Å²) >= 11 is 0. The van der Waals surface area contributed by atoms with Crippen LogP contribution < -0.4 is 5.19 Å². The zero-order chi connectivity index (χ0) is 16.9. The molecule has 0 saturated heterocycles. The maximum atomic E-state index is 6.14. The molecule has 5 heteroatoms. The van der Waals surface area contributed by atoms with Crippen LogP contribution in [0.25, 0.3) is 33.3 Å². The van der Waals surface area contributed by atoms with Crippen molar-refractivity contribution >= 4 is 35.3 Å². The summed E-state index contributed by atoms with van der Waals surface area (Å²) in [6.45, 7) is 9.06. The summed E-state index contributed by atoms with van der Waals surface area (Å²) < 4.78 is 6.14. The molecule has 0 aliphatic heterocycles. The number of pyridine rings is 2. The summed E-state index contributed by atoms with van der Waals surface area (Å²) in [5.74, 6) is 0. The summed E-state index contributed by atoms with van der Waals surface area (Å²) in [5.41, 5.74) is 4.46. The predicted molar refractivity (Wildman–Crippen MR) is 101 cm³/mol. The van der Waals surface area contributed by atoms with E-state index in [-0.39, 0.29) is 20.1 Å². The van der Waals surface area contributed by atoms with E-state index in [1.54, 1.807) is 6.20 Å². The average molecular weight is 524 g/mol. The first-order chi connectivity index (χ1) is 11.4. The second-order valence-electron chi connectivity index (χ2n) is 7.21. The number of benzene rings is 1. The van der Waals surface area contributed by atoms with Gasteiger partial charge in [0.1, 0.15) is 0 Å². The van der Waals surface area contributed by atoms with Gasteiger partial charge in [-0.15, -0.1) is 17.3 Å². The molecule has 0 aliphatic carbocycles. The normalized spacial score (nSPS) is 11.7. The Kier molecular flexibility index (Phi) is 4.67. The van der Waals surface area contributed by atoms with Crippen LogP contribution in [0.4, 0.5) is 0 Å². The Morgan fingerprint density at radius 2 is 1.88 bits per heavy atom. The molecule has 0 fully saturated rings. The third-order valence-electron chi connectivity index (χ3n) is 4.30. The molecule has 0 aliphatic rings. The van der Waals surface area contributed by atoms with E-state index in [4.69, 9.17) is 4.42 Å². The quantitative estimate of drug-likeness (QED) is 0.283. The van der Waals surface area contributed by atoms with Gasteiger partial charge in [-0.25, -0.2) is 4.98 Å².